The molecular formula is C27H36F3N3O5S. The standard InChI is InChI=1S/C27H36F3N3O5S/c1-5-32(6-2)22-13-12-20(17-33(26(34)31-19(3)4)18-23-10-8-14-37-23)25(16-22)38-39(35,36)24-11-7-9-21(15-24)27(28,29)30/h7,9,11-13,15-16,19,23H,5-6,8,10,14,17-18H2,1-4H3,(H,31,34)/t23-/m0/s1. The van der Waals surface area contributed by atoms with Gasteiger partial charge in [0.1, 0.15) is 10.6 Å². The van der Waals surface area contributed by atoms with Crippen LogP contribution in [0.4, 0.5) is 23.7 Å². The number of alkyl halides is 3. The lowest BCUT2D eigenvalue weighted by atomic mass is 10.1. The molecule has 0 saturated carbocycles. The van der Waals surface area contributed by atoms with Crippen molar-refractivity contribution < 1.29 is 35.3 Å². The van der Waals surface area contributed by atoms with Gasteiger partial charge in [0.05, 0.1) is 18.2 Å². The minimum atomic E-state index is -4.72. The minimum absolute atomic E-state index is 0.00435. The van der Waals surface area contributed by atoms with E-state index in [9.17, 15) is 26.4 Å². The van der Waals surface area contributed by atoms with Crippen LogP contribution in [0.2, 0.25) is 0 Å². The number of nitrogens with zero attached hydrogens (tertiary/aromatic N) is 2. The lowest BCUT2D eigenvalue weighted by Crippen LogP contribution is -2.45. The van der Waals surface area contributed by atoms with Gasteiger partial charge < -0.3 is 24.0 Å². The van der Waals surface area contributed by atoms with Gasteiger partial charge in [-0.05, 0) is 64.8 Å². The summed E-state index contributed by atoms with van der Waals surface area (Å²) >= 11 is 0. The van der Waals surface area contributed by atoms with Crippen molar-refractivity contribution >= 4 is 21.8 Å². The minimum Gasteiger partial charge on any atom is -0.379 e. The average molecular weight is 572 g/mol. The monoisotopic (exact) mass is 571 g/mol. The summed E-state index contributed by atoms with van der Waals surface area (Å²) < 4.78 is 77.3. The third-order valence-electron chi connectivity index (χ3n) is 6.34. The molecule has 1 heterocycles. The van der Waals surface area contributed by atoms with Crippen molar-refractivity contribution in [3.05, 3.63) is 53.6 Å². The molecular weight excluding hydrogens is 535 g/mol. The molecule has 2 amide bonds. The smallest absolute Gasteiger partial charge is 0.379 e. The summed E-state index contributed by atoms with van der Waals surface area (Å²) in [5.41, 5.74) is -0.0361. The molecule has 39 heavy (non-hydrogen) atoms. The first kappa shape index (κ1) is 30.6. The Kier molecular flexibility index (Phi) is 10.1. The number of halogens is 3. The molecule has 0 aliphatic carbocycles. The van der Waals surface area contributed by atoms with Gasteiger partial charge >= 0.3 is 22.3 Å². The van der Waals surface area contributed by atoms with Crippen molar-refractivity contribution in [3.8, 4) is 5.75 Å². The number of nitrogens with one attached hydrogen (secondary N) is 1. The first-order chi connectivity index (χ1) is 18.3. The van der Waals surface area contributed by atoms with Crippen LogP contribution in [0.25, 0.3) is 0 Å². The van der Waals surface area contributed by atoms with E-state index in [1.807, 2.05) is 32.6 Å². The van der Waals surface area contributed by atoms with E-state index in [2.05, 4.69) is 5.32 Å². The Morgan fingerprint density at radius 3 is 2.46 bits per heavy atom. The largest absolute Gasteiger partial charge is 0.416 e. The van der Waals surface area contributed by atoms with Crippen LogP contribution < -0.4 is 14.4 Å². The van der Waals surface area contributed by atoms with E-state index in [4.69, 9.17) is 8.92 Å². The maximum Gasteiger partial charge on any atom is 0.416 e. The number of hydrogen-bond acceptors (Lipinski definition) is 6. The van der Waals surface area contributed by atoms with Crippen LogP contribution in [-0.2, 0) is 27.6 Å². The summed E-state index contributed by atoms with van der Waals surface area (Å²) in [6.45, 7) is 9.71. The number of carbonyl (C=O) groups excluding carboxylic acids is 1. The van der Waals surface area contributed by atoms with Gasteiger partial charge in [-0.15, -0.1) is 0 Å². The average Bonchev–Trinajstić information content (AvgIpc) is 3.38. The van der Waals surface area contributed by atoms with Crippen molar-refractivity contribution in [2.45, 2.75) is 70.3 Å². The highest BCUT2D eigenvalue weighted by Gasteiger charge is 2.32. The van der Waals surface area contributed by atoms with Gasteiger partial charge in [0.25, 0.3) is 0 Å². The van der Waals surface area contributed by atoms with Crippen molar-refractivity contribution in [2.24, 2.45) is 0 Å². The second-order valence-corrected chi connectivity index (χ2v) is 11.2. The lowest BCUT2D eigenvalue weighted by Gasteiger charge is -2.28. The maximum atomic E-state index is 13.2. The van der Waals surface area contributed by atoms with Crippen LogP contribution >= 0.6 is 0 Å². The molecule has 0 bridgehead atoms. The Balaban J connectivity index is 2.01. The van der Waals surface area contributed by atoms with Gasteiger partial charge in [0.2, 0.25) is 0 Å². The topological polar surface area (TPSA) is 88.2 Å². The Labute approximate surface area is 228 Å². The number of ether oxygens (including phenoxy) is 1. The fraction of sp³-hybridized carbons (Fsp3) is 0.519. The molecule has 2 aromatic carbocycles. The Bertz CT molecular complexity index is 1230. The molecule has 8 nitrogen and oxygen atoms in total. The van der Waals surface area contributed by atoms with Gasteiger partial charge in [0, 0.05) is 49.6 Å². The summed E-state index contributed by atoms with van der Waals surface area (Å²) in [5.74, 6) is -0.0634. The highest BCUT2D eigenvalue weighted by atomic mass is 32.2. The zero-order valence-corrected chi connectivity index (χ0v) is 23.4. The van der Waals surface area contributed by atoms with Crippen molar-refractivity contribution in [2.75, 3.05) is 31.1 Å². The highest BCUT2D eigenvalue weighted by Crippen LogP contribution is 2.33. The van der Waals surface area contributed by atoms with Crippen LogP contribution in [0, 0.1) is 0 Å². The van der Waals surface area contributed by atoms with Gasteiger partial charge in [-0.1, -0.05) is 12.1 Å². The van der Waals surface area contributed by atoms with Gasteiger partial charge in [-0.3, -0.25) is 0 Å². The Morgan fingerprint density at radius 2 is 1.87 bits per heavy atom. The van der Waals surface area contributed by atoms with Crippen LogP contribution in [0.15, 0.2) is 47.4 Å². The molecule has 0 radical (unpaired) electrons. The van der Waals surface area contributed by atoms with E-state index in [0.29, 0.717) is 37.0 Å². The second-order valence-electron chi connectivity index (χ2n) is 9.65. The summed E-state index contributed by atoms with van der Waals surface area (Å²) in [6.07, 6.45) is -3.20. The molecule has 2 aromatic rings. The van der Waals surface area contributed by atoms with Crippen molar-refractivity contribution in [1.82, 2.24) is 10.2 Å². The van der Waals surface area contributed by atoms with Crippen LogP contribution in [0.5, 0.6) is 5.75 Å². The van der Waals surface area contributed by atoms with E-state index in [0.717, 1.165) is 31.0 Å². The molecule has 1 N–H and O–H groups in total. The molecule has 3 rings (SSSR count). The summed E-state index contributed by atoms with van der Waals surface area (Å²) in [5, 5.41) is 2.86. The molecule has 1 aliphatic heterocycles. The molecule has 1 saturated heterocycles. The SMILES string of the molecule is CCN(CC)c1ccc(CN(C[C@@H]2CCCO2)C(=O)NC(C)C)c(OS(=O)(=O)c2cccc(C(F)(F)F)c2)c1. The van der Waals surface area contributed by atoms with Gasteiger partial charge in [0.15, 0.2) is 0 Å². The zero-order chi connectivity index (χ0) is 28.8. The van der Waals surface area contributed by atoms with E-state index in [1.165, 1.54) is 11.0 Å². The molecule has 1 aliphatic rings. The van der Waals surface area contributed by atoms with Gasteiger partial charge in [-0.2, -0.15) is 21.6 Å². The summed E-state index contributed by atoms with van der Waals surface area (Å²) in [7, 11) is -4.63. The summed E-state index contributed by atoms with van der Waals surface area (Å²) in [6, 6.07) is 7.95. The van der Waals surface area contributed by atoms with Crippen molar-refractivity contribution in [1.29, 1.82) is 0 Å². The predicted octanol–water partition coefficient (Wildman–Crippen LogP) is 5.42. The number of amides is 2. The third kappa shape index (κ3) is 8.25. The molecule has 1 fully saturated rings. The predicted molar refractivity (Wildman–Crippen MR) is 142 cm³/mol. The first-order valence-corrected chi connectivity index (χ1v) is 14.4. The zero-order valence-electron chi connectivity index (χ0n) is 22.6. The number of hydrogen-bond donors (Lipinski definition) is 1. The molecule has 0 spiro atoms. The maximum absolute atomic E-state index is 13.2. The van der Waals surface area contributed by atoms with E-state index < -0.39 is 26.8 Å². The molecule has 216 valence electrons. The highest BCUT2D eigenvalue weighted by molar-refractivity contribution is 7.87. The van der Waals surface area contributed by atoms with Crippen molar-refractivity contribution in [3.63, 3.8) is 0 Å². The fourth-order valence-corrected chi connectivity index (χ4v) is 5.33. The molecule has 0 unspecified atom stereocenters. The Morgan fingerprint density at radius 1 is 1.15 bits per heavy atom. The molecule has 0 aromatic heterocycles. The quantitative estimate of drug-likeness (QED) is 0.363. The van der Waals surface area contributed by atoms with E-state index in [-0.39, 0.29) is 37.0 Å². The lowest BCUT2D eigenvalue weighted by molar-refractivity contribution is -0.137. The van der Waals surface area contributed by atoms with Crippen LogP contribution in [0.1, 0.15) is 51.7 Å². The number of rotatable bonds is 11. The van der Waals surface area contributed by atoms with Crippen LogP contribution in [-0.4, -0.2) is 57.7 Å². The van der Waals surface area contributed by atoms with Gasteiger partial charge in [-0.25, -0.2) is 4.79 Å². The second kappa shape index (κ2) is 12.9. The van der Waals surface area contributed by atoms with E-state index >= 15 is 0 Å². The number of carbonyl (C=O) groups is 1. The molecule has 12 heteroatoms. The fourth-order valence-electron chi connectivity index (χ4n) is 4.33. The Hall–Kier alpha value is -2.99. The van der Waals surface area contributed by atoms with Crippen LogP contribution in [0.3, 0.4) is 0 Å². The third-order valence-corrected chi connectivity index (χ3v) is 7.57. The van der Waals surface area contributed by atoms with E-state index in [1.54, 1.807) is 12.1 Å². The normalized spacial score (nSPS) is 15.8. The number of benzene rings is 2. The first-order valence-electron chi connectivity index (χ1n) is 13.0. The molecule has 1 atom stereocenters. The summed E-state index contributed by atoms with van der Waals surface area (Å²) in [4.78, 5) is 15.9. The number of anilines is 1. The number of urea groups is 1.